The van der Waals surface area contributed by atoms with Gasteiger partial charge in [0, 0.05) is 12.0 Å². The van der Waals surface area contributed by atoms with Gasteiger partial charge in [0.15, 0.2) is 5.54 Å². The number of anilines is 1. The van der Waals surface area contributed by atoms with Crippen molar-refractivity contribution in [3.05, 3.63) is 41.9 Å². The average molecular weight is 448 g/mol. The van der Waals surface area contributed by atoms with E-state index in [2.05, 4.69) is 0 Å². The zero-order valence-corrected chi connectivity index (χ0v) is 20.7. The van der Waals surface area contributed by atoms with Crippen LogP contribution in [0, 0.1) is 5.92 Å². The van der Waals surface area contributed by atoms with Gasteiger partial charge in [0.25, 0.3) is 5.95 Å². The van der Waals surface area contributed by atoms with Gasteiger partial charge in [-0.1, -0.05) is 32.0 Å². The van der Waals surface area contributed by atoms with Crippen molar-refractivity contribution in [3.63, 3.8) is 0 Å². The molecule has 7 nitrogen and oxygen atoms in total. The summed E-state index contributed by atoms with van der Waals surface area (Å²) in [6, 6.07) is 7.23. The van der Waals surface area contributed by atoms with Crippen LogP contribution in [0.4, 0.5) is 10.5 Å². The number of benzene rings is 1. The second-order valence-electron chi connectivity index (χ2n) is 10.3. The van der Waals surface area contributed by atoms with Crippen LogP contribution in [-0.2, 0) is 19.0 Å². The molecule has 1 aliphatic rings. The smallest absolute Gasteiger partial charge is 0.415 e. The molecule has 0 radical (unpaired) electrons. The summed E-state index contributed by atoms with van der Waals surface area (Å²) in [4.78, 5) is 28.5. The first kappa shape index (κ1) is 25.6. The highest BCUT2D eigenvalue weighted by Gasteiger charge is 2.62. The lowest BCUT2D eigenvalue weighted by molar-refractivity contribution is -0.152. The van der Waals surface area contributed by atoms with E-state index in [0.29, 0.717) is 11.3 Å². The molecular formula is C25H37NO6. The Balaban J connectivity index is 2.81. The third-order valence-corrected chi connectivity index (χ3v) is 5.14. The van der Waals surface area contributed by atoms with E-state index in [9.17, 15) is 14.7 Å². The quantitative estimate of drug-likeness (QED) is 0.460. The van der Waals surface area contributed by atoms with Crippen LogP contribution in [0.2, 0.25) is 0 Å². The van der Waals surface area contributed by atoms with E-state index >= 15 is 0 Å². The first-order valence-electron chi connectivity index (χ1n) is 11.0. The van der Waals surface area contributed by atoms with E-state index in [4.69, 9.17) is 14.2 Å². The molecule has 0 saturated heterocycles. The maximum atomic E-state index is 13.6. The summed E-state index contributed by atoms with van der Waals surface area (Å²) in [5.41, 5.74) is -1.66. The number of amides is 1. The second-order valence-corrected chi connectivity index (χ2v) is 10.3. The van der Waals surface area contributed by atoms with Crippen molar-refractivity contribution in [2.24, 2.45) is 5.92 Å². The summed E-state index contributed by atoms with van der Waals surface area (Å²) in [7, 11) is 0. The summed E-state index contributed by atoms with van der Waals surface area (Å²) in [5, 5.41) is 10.7. The van der Waals surface area contributed by atoms with Crippen LogP contribution in [0.5, 0.6) is 0 Å². The summed E-state index contributed by atoms with van der Waals surface area (Å²) in [6.45, 7) is 16.3. The predicted octanol–water partition coefficient (Wildman–Crippen LogP) is 5.70. The fourth-order valence-corrected chi connectivity index (χ4v) is 4.11. The van der Waals surface area contributed by atoms with Crippen molar-refractivity contribution in [2.75, 3.05) is 11.5 Å². The highest BCUT2D eigenvalue weighted by atomic mass is 16.6. The third kappa shape index (κ3) is 5.03. The summed E-state index contributed by atoms with van der Waals surface area (Å²) in [6.07, 6.45) is 0.838. The third-order valence-electron chi connectivity index (χ3n) is 5.14. The van der Waals surface area contributed by atoms with Gasteiger partial charge in [-0.05, 0) is 66.0 Å². The van der Waals surface area contributed by atoms with E-state index in [1.165, 1.54) is 11.0 Å². The van der Waals surface area contributed by atoms with Crippen molar-refractivity contribution in [1.82, 2.24) is 0 Å². The monoisotopic (exact) mass is 447 g/mol. The van der Waals surface area contributed by atoms with Gasteiger partial charge in [0.1, 0.15) is 11.2 Å². The van der Waals surface area contributed by atoms with Crippen LogP contribution in [0.1, 0.15) is 73.8 Å². The molecule has 0 fully saturated rings. The summed E-state index contributed by atoms with van der Waals surface area (Å²) in [5.74, 6) is -1.99. The SMILES string of the molecule is CCOC(=O)[C@@]1(C(C)C)[C@@H](C=C(O)OC(C)(C)C)c2ccccc2N1C(=O)OC(C)(C)C. The zero-order valence-electron chi connectivity index (χ0n) is 20.7. The molecule has 0 aromatic heterocycles. The van der Waals surface area contributed by atoms with E-state index in [0.717, 1.165) is 0 Å². The normalized spacial score (nSPS) is 21.4. The Labute approximate surface area is 191 Å². The molecule has 1 aromatic carbocycles. The van der Waals surface area contributed by atoms with Crippen LogP contribution in [0.25, 0.3) is 0 Å². The molecule has 0 saturated carbocycles. The van der Waals surface area contributed by atoms with Gasteiger partial charge in [0.05, 0.1) is 12.3 Å². The Morgan fingerprint density at radius 1 is 1.09 bits per heavy atom. The molecule has 1 N–H and O–H groups in total. The Hall–Kier alpha value is -2.70. The molecule has 0 aliphatic carbocycles. The lowest BCUT2D eigenvalue weighted by Crippen LogP contribution is -2.62. The number of carbonyl (C=O) groups is 2. The number of hydrogen-bond donors (Lipinski definition) is 1. The van der Waals surface area contributed by atoms with Crippen LogP contribution in [0.3, 0.4) is 0 Å². The number of rotatable bonds is 5. The zero-order chi connectivity index (χ0) is 24.5. The van der Waals surface area contributed by atoms with Crippen LogP contribution in [-0.4, -0.2) is 40.5 Å². The number of aliphatic hydroxyl groups is 1. The summed E-state index contributed by atoms with van der Waals surface area (Å²) < 4.78 is 16.8. The Morgan fingerprint density at radius 3 is 2.16 bits per heavy atom. The molecular weight excluding hydrogens is 410 g/mol. The molecule has 1 aliphatic heterocycles. The van der Waals surface area contributed by atoms with E-state index < -0.39 is 34.7 Å². The Morgan fingerprint density at radius 2 is 1.66 bits per heavy atom. The molecule has 2 rings (SSSR count). The minimum atomic E-state index is -1.47. The lowest BCUT2D eigenvalue weighted by atomic mass is 9.74. The number of aliphatic hydroxyl groups excluding tert-OH is 1. The van der Waals surface area contributed by atoms with Crippen molar-refractivity contribution in [3.8, 4) is 0 Å². The van der Waals surface area contributed by atoms with Crippen molar-refractivity contribution in [1.29, 1.82) is 0 Å². The number of esters is 1. The Kier molecular flexibility index (Phi) is 7.22. The summed E-state index contributed by atoms with van der Waals surface area (Å²) >= 11 is 0. The number of nitrogens with zero attached hydrogens (tertiary/aromatic N) is 1. The fraction of sp³-hybridized carbons (Fsp3) is 0.600. The number of ether oxygens (including phenoxy) is 3. The highest BCUT2D eigenvalue weighted by molar-refractivity contribution is 6.04. The number of carbonyl (C=O) groups excluding carboxylic acids is 2. The topological polar surface area (TPSA) is 85.3 Å². The largest absolute Gasteiger partial charge is 0.481 e. The average Bonchev–Trinajstić information content (AvgIpc) is 2.90. The number of hydrogen-bond acceptors (Lipinski definition) is 6. The van der Waals surface area contributed by atoms with Crippen molar-refractivity contribution < 1.29 is 28.9 Å². The maximum Gasteiger partial charge on any atom is 0.415 e. The van der Waals surface area contributed by atoms with Crippen LogP contribution in [0.15, 0.2) is 36.3 Å². The molecule has 7 heteroatoms. The van der Waals surface area contributed by atoms with Crippen molar-refractivity contribution in [2.45, 2.75) is 85.0 Å². The molecule has 0 bridgehead atoms. The Bertz CT molecular complexity index is 877. The molecule has 0 unspecified atom stereocenters. The number of para-hydroxylation sites is 1. The lowest BCUT2D eigenvalue weighted by Gasteiger charge is -2.42. The van der Waals surface area contributed by atoms with Gasteiger partial charge in [0.2, 0.25) is 0 Å². The predicted molar refractivity (Wildman–Crippen MR) is 124 cm³/mol. The molecule has 2 atom stereocenters. The molecule has 1 heterocycles. The minimum absolute atomic E-state index is 0.146. The van der Waals surface area contributed by atoms with Crippen molar-refractivity contribution >= 4 is 17.7 Å². The van der Waals surface area contributed by atoms with Gasteiger partial charge < -0.3 is 19.3 Å². The standard InChI is InChI=1S/C25H37NO6/c1-10-30-21(28)25(16(2)3)18(15-20(27)31-23(4,5)6)17-13-11-12-14-19(17)26(25)22(29)32-24(7,8)9/h11-16,18,27H,10H2,1-9H3/t18-,25+/m0/s1. The molecule has 178 valence electrons. The molecule has 32 heavy (non-hydrogen) atoms. The first-order valence-corrected chi connectivity index (χ1v) is 11.0. The van der Waals surface area contributed by atoms with E-state index in [1.807, 2.05) is 46.8 Å². The van der Waals surface area contributed by atoms with Gasteiger partial charge in [-0.2, -0.15) is 0 Å². The minimum Gasteiger partial charge on any atom is -0.481 e. The fourth-order valence-electron chi connectivity index (χ4n) is 4.11. The van der Waals surface area contributed by atoms with Gasteiger partial charge in [-0.15, -0.1) is 0 Å². The first-order chi connectivity index (χ1) is 14.6. The molecule has 0 spiro atoms. The van der Waals surface area contributed by atoms with E-state index in [1.54, 1.807) is 39.8 Å². The van der Waals surface area contributed by atoms with E-state index in [-0.39, 0.29) is 18.5 Å². The maximum absolute atomic E-state index is 13.6. The molecule has 1 aromatic rings. The van der Waals surface area contributed by atoms with Crippen LogP contribution >= 0.6 is 0 Å². The van der Waals surface area contributed by atoms with Gasteiger partial charge >= 0.3 is 12.1 Å². The van der Waals surface area contributed by atoms with Crippen LogP contribution < -0.4 is 4.90 Å². The highest BCUT2D eigenvalue weighted by Crippen LogP contribution is 2.53. The number of fused-ring (bicyclic) bond motifs is 1. The molecule has 1 amide bonds. The van der Waals surface area contributed by atoms with Gasteiger partial charge in [-0.3, -0.25) is 4.90 Å². The van der Waals surface area contributed by atoms with Gasteiger partial charge in [-0.25, -0.2) is 9.59 Å². The second kappa shape index (κ2) is 9.04.